The summed E-state index contributed by atoms with van der Waals surface area (Å²) >= 11 is 0. The smallest absolute Gasteiger partial charge is 0.331 e. The Balaban J connectivity index is 3.62. The first-order valence-corrected chi connectivity index (χ1v) is 19.3. The highest BCUT2D eigenvalue weighted by Gasteiger charge is 2.17. The maximum atomic E-state index is 11.6. The molecule has 2 heteroatoms. The zero-order valence-electron chi connectivity index (χ0n) is 29.5. The van der Waals surface area contributed by atoms with Gasteiger partial charge in [0.1, 0.15) is 0 Å². The molecule has 0 heterocycles. The summed E-state index contributed by atoms with van der Waals surface area (Å²) in [6, 6.07) is 0. The lowest BCUT2D eigenvalue weighted by Crippen LogP contribution is -2.12. The van der Waals surface area contributed by atoms with Crippen LogP contribution in [-0.2, 0) is 4.79 Å². The monoisotopic (exact) mass is 591 g/mol. The lowest BCUT2D eigenvalue weighted by atomic mass is 9.88. The number of carbonyl (C=O) groups is 1. The van der Waals surface area contributed by atoms with Crippen molar-refractivity contribution in [3.8, 4) is 0 Å². The molecule has 1 N–H and O–H groups in total. The second-order valence-electron chi connectivity index (χ2n) is 14.7. The summed E-state index contributed by atoms with van der Waals surface area (Å²) < 4.78 is 0. The van der Waals surface area contributed by atoms with Crippen molar-refractivity contribution >= 4 is 5.97 Å². The van der Waals surface area contributed by atoms with E-state index in [0.717, 1.165) is 37.5 Å². The first-order valence-electron chi connectivity index (χ1n) is 19.3. The minimum atomic E-state index is -0.786. The quantitative estimate of drug-likeness (QED) is 0.0598. The Hall–Kier alpha value is -0.790. The van der Waals surface area contributed by atoms with Crippen LogP contribution in [0.1, 0.15) is 220 Å². The number of carboxylic acid groups (broad SMARTS) is 1. The molecule has 0 aromatic heterocycles. The highest BCUT2D eigenvalue weighted by atomic mass is 16.4. The Bertz CT molecular complexity index is 540. The number of carboxylic acids is 1. The maximum absolute atomic E-state index is 11.6. The molecule has 0 rings (SSSR count). The number of aliphatic carboxylic acids is 1. The molecule has 0 atom stereocenters. The standard InChI is InChI=1S/C40H78O2/c1-36(2)32-28-24-20-16-12-8-6-10-14-18-22-26-30-34-39(38(5)40(41)42)35-31-27-23-19-15-11-7-9-13-17-21-25-29-33-37(3)4/h36-37,39H,5-35H2,1-4H3,(H,41,42). The predicted molar refractivity (Wildman–Crippen MR) is 188 cm³/mol. The van der Waals surface area contributed by atoms with Gasteiger partial charge in [-0.1, -0.05) is 214 Å². The highest BCUT2D eigenvalue weighted by molar-refractivity contribution is 5.86. The molecular weight excluding hydrogens is 512 g/mol. The Morgan fingerprint density at radius 1 is 0.405 bits per heavy atom. The van der Waals surface area contributed by atoms with Gasteiger partial charge in [-0.15, -0.1) is 0 Å². The molecule has 0 aliphatic heterocycles. The first-order chi connectivity index (χ1) is 20.3. The van der Waals surface area contributed by atoms with Crippen molar-refractivity contribution < 1.29 is 9.90 Å². The van der Waals surface area contributed by atoms with E-state index >= 15 is 0 Å². The largest absolute Gasteiger partial charge is 0.478 e. The number of hydrogen-bond acceptors (Lipinski definition) is 1. The zero-order valence-corrected chi connectivity index (χ0v) is 29.5. The number of rotatable bonds is 34. The molecule has 0 aliphatic rings. The van der Waals surface area contributed by atoms with E-state index in [0.29, 0.717) is 5.57 Å². The first kappa shape index (κ1) is 41.2. The molecule has 0 fully saturated rings. The van der Waals surface area contributed by atoms with E-state index in [1.165, 1.54) is 167 Å². The molecular formula is C40H78O2. The SMILES string of the molecule is C=C(C(=O)O)C(CCCCCCCCCCCCCCCC(C)C)CCCCCCCCCCCCCCCC(C)C. The zero-order chi connectivity index (χ0) is 31.1. The van der Waals surface area contributed by atoms with Crippen LogP contribution in [0.25, 0.3) is 0 Å². The molecule has 0 aliphatic carbocycles. The average Bonchev–Trinajstić information content (AvgIpc) is 2.95. The van der Waals surface area contributed by atoms with Crippen molar-refractivity contribution in [3.63, 3.8) is 0 Å². The summed E-state index contributed by atoms with van der Waals surface area (Å²) in [7, 11) is 0. The van der Waals surface area contributed by atoms with Crippen LogP contribution in [0, 0.1) is 17.8 Å². The van der Waals surface area contributed by atoms with Crippen molar-refractivity contribution in [2.24, 2.45) is 17.8 Å². The van der Waals surface area contributed by atoms with Crippen LogP contribution in [-0.4, -0.2) is 11.1 Å². The summed E-state index contributed by atoms with van der Waals surface area (Å²) in [6.45, 7) is 13.3. The summed E-state index contributed by atoms with van der Waals surface area (Å²) in [5.41, 5.74) is 0.454. The van der Waals surface area contributed by atoms with Gasteiger partial charge in [0.2, 0.25) is 0 Å². The van der Waals surface area contributed by atoms with Gasteiger partial charge in [-0.05, 0) is 30.6 Å². The van der Waals surface area contributed by atoms with E-state index in [2.05, 4.69) is 34.3 Å². The second-order valence-corrected chi connectivity index (χ2v) is 14.7. The molecule has 0 aromatic rings. The van der Waals surface area contributed by atoms with Crippen LogP contribution in [0.4, 0.5) is 0 Å². The van der Waals surface area contributed by atoms with Crippen molar-refractivity contribution in [2.45, 2.75) is 220 Å². The highest BCUT2D eigenvalue weighted by Crippen LogP contribution is 2.25. The minimum Gasteiger partial charge on any atom is -0.478 e. The summed E-state index contributed by atoms with van der Waals surface area (Å²) in [4.78, 5) is 11.6. The van der Waals surface area contributed by atoms with E-state index in [1.807, 2.05) is 0 Å². The summed E-state index contributed by atoms with van der Waals surface area (Å²) in [5.74, 6) is 1.12. The molecule has 0 saturated carbocycles. The molecule has 2 nitrogen and oxygen atoms in total. The molecule has 0 bridgehead atoms. The van der Waals surface area contributed by atoms with Crippen LogP contribution >= 0.6 is 0 Å². The van der Waals surface area contributed by atoms with Crippen LogP contribution in [0.5, 0.6) is 0 Å². The number of unbranched alkanes of at least 4 members (excludes halogenated alkanes) is 24. The molecule has 0 radical (unpaired) electrons. The Kier molecular flexibility index (Phi) is 31.0. The van der Waals surface area contributed by atoms with E-state index in [4.69, 9.17) is 0 Å². The summed E-state index contributed by atoms with van der Waals surface area (Å²) in [5, 5.41) is 9.52. The lowest BCUT2D eigenvalue weighted by Gasteiger charge is -2.17. The third-order valence-corrected chi connectivity index (χ3v) is 9.44. The van der Waals surface area contributed by atoms with E-state index in [1.54, 1.807) is 0 Å². The van der Waals surface area contributed by atoms with Crippen LogP contribution in [0.2, 0.25) is 0 Å². The minimum absolute atomic E-state index is 0.179. The van der Waals surface area contributed by atoms with Crippen molar-refractivity contribution in [3.05, 3.63) is 12.2 Å². The van der Waals surface area contributed by atoms with Gasteiger partial charge in [-0.25, -0.2) is 4.79 Å². The number of hydrogen-bond donors (Lipinski definition) is 1. The predicted octanol–water partition coefficient (Wildman–Crippen LogP) is 14.3. The van der Waals surface area contributed by atoms with E-state index < -0.39 is 5.97 Å². The summed E-state index contributed by atoms with van der Waals surface area (Å²) in [6.07, 6.45) is 40.4. The van der Waals surface area contributed by atoms with Gasteiger partial charge < -0.3 is 5.11 Å². The molecule has 0 amide bonds. The average molecular weight is 591 g/mol. The molecule has 0 unspecified atom stereocenters. The van der Waals surface area contributed by atoms with Gasteiger partial charge in [-0.3, -0.25) is 0 Å². The van der Waals surface area contributed by atoms with Gasteiger partial charge in [0, 0.05) is 5.57 Å². The topological polar surface area (TPSA) is 37.3 Å². The van der Waals surface area contributed by atoms with Crippen LogP contribution in [0.3, 0.4) is 0 Å². The Morgan fingerprint density at radius 2 is 0.595 bits per heavy atom. The normalized spacial score (nSPS) is 11.8. The fraction of sp³-hybridized carbons (Fsp3) is 0.925. The van der Waals surface area contributed by atoms with Gasteiger partial charge in [0.05, 0.1) is 0 Å². The fourth-order valence-electron chi connectivity index (χ4n) is 6.44. The third-order valence-electron chi connectivity index (χ3n) is 9.44. The fourth-order valence-corrected chi connectivity index (χ4v) is 6.44. The second kappa shape index (κ2) is 31.6. The van der Waals surface area contributed by atoms with Crippen molar-refractivity contribution in [1.82, 2.24) is 0 Å². The van der Waals surface area contributed by atoms with Gasteiger partial charge in [0.25, 0.3) is 0 Å². The molecule has 0 aromatic carbocycles. The molecule has 0 saturated heterocycles. The van der Waals surface area contributed by atoms with Gasteiger partial charge in [-0.2, -0.15) is 0 Å². The molecule has 0 spiro atoms. The van der Waals surface area contributed by atoms with Crippen molar-refractivity contribution in [1.29, 1.82) is 0 Å². The maximum Gasteiger partial charge on any atom is 0.331 e. The van der Waals surface area contributed by atoms with E-state index in [-0.39, 0.29) is 5.92 Å². The van der Waals surface area contributed by atoms with Crippen LogP contribution in [0.15, 0.2) is 12.2 Å². The van der Waals surface area contributed by atoms with Gasteiger partial charge in [0.15, 0.2) is 0 Å². The van der Waals surface area contributed by atoms with Crippen LogP contribution < -0.4 is 0 Å². The molecule has 250 valence electrons. The Labute approximate surface area is 265 Å². The van der Waals surface area contributed by atoms with Crippen molar-refractivity contribution in [2.75, 3.05) is 0 Å². The van der Waals surface area contributed by atoms with Gasteiger partial charge >= 0.3 is 5.97 Å². The Morgan fingerprint density at radius 3 is 0.786 bits per heavy atom. The lowest BCUT2D eigenvalue weighted by molar-refractivity contribution is -0.133. The van der Waals surface area contributed by atoms with E-state index in [9.17, 15) is 9.90 Å². The molecule has 42 heavy (non-hydrogen) atoms. The third kappa shape index (κ3) is 30.7.